The van der Waals surface area contributed by atoms with Gasteiger partial charge in [0.15, 0.2) is 0 Å². The molecule has 1 aliphatic heterocycles. The Labute approximate surface area is 184 Å². The zero-order valence-electron chi connectivity index (χ0n) is 15.2. The fourth-order valence-corrected chi connectivity index (χ4v) is 4.03. The molecule has 0 unspecified atom stereocenters. The molecular weight excluding hydrogens is 462 g/mol. The van der Waals surface area contributed by atoms with Crippen molar-refractivity contribution in [2.24, 2.45) is 0 Å². The van der Waals surface area contributed by atoms with E-state index in [1.807, 2.05) is 0 Å². The van der Waals surface area contributed by atoms with Gasteiger partial charge in [0.2, 0.25) is 0 Å². The number of halogens is 6. The number of rotatable bonds is 3. The average Bonchev–Trinajstić information content (AvgIpc) is 3.04. The number of hydrogen-bond acceptors (Lipinski definition) is 2. The largest absolute Gasteiger partial charge is 0.406 e. The van der Waals surface area contributed by atoms with E-state index >= 15 is 0 Å². The quantitative estimate of drug-likeness (QED) is 0.463. The normalized spacial score (nSPS) is 14.2. The van der Waals surface area contributed by atoms with E-state index in [0.29, 0.717) is 37.8 Å². The lowest BCUT2D eigenvalue weighted by molar-refractivity contribution is -0.141. The highest BCUT2D eigenvalue weighted by atomic mass is 35.5. The van der Waals surface area contributed by atoms with Crippen LogP contribution in [0.15, 0.2) is 42.5 Å². The van der Waals surface area contributed by atoms with E-state index < -0.39 is 18.6 Å². The lowest BCUT2D eigenvalue weighted by atomic mass is 10.1. The number of amides is 1. The van der Waals surface area contributed by atoms with E-state index in [2.05, 4.69) is 4.98 Å². The van der Waals surface area contributed by atoms with Crippen molar-refractivity contribution in [3.05, 3.63) is 68.9 Å². The van der Waals surface area contributed by atoms with E-state index in [1.54, 1.807) is 36.4 Å². The highest BCUT2D eigenvalue weighted by molar-refractivity contribution is 6.36. The van der Waals surface area contributed by atoms with Crippen LogP contribution in [-0.4, -0.2) is 39.6 Å². The molecule has 4 nitrogen and oxygen atoms in total. The van der Waals surface area contributed by atoms with Crippen LogP contribution in [0.4, 0.5) is 13.2 Å². The minimum Gasteiger partial charge on any atom is -0.328 e. The first-order chi connectivity index (χ1) is 14.1. The van der Waals surface area contributed by atoms with Crippen molar-refractivity contribution >= 4 is 40.7 Å². The Hall–Kier alpha value is -2.22. The number of nitrogens with zero attached hydrogens (tertiary/aromatic N) is 3. The van der Waals surface area contributed by atoms with Crippen LogP contribution in [0.5, 0.6) is 0 Å². The van der Waals surface area contributed by atoms with Gasteiger partial charge in [-0.1, -0.05) is 34.8 Å². The third-order valence-corrected chi connectivity index (χ3v) is 5.48. The van der Waals surface area contributed by atoms with Crippen LogP contribution in [0.2, 0.25) is 15.1 Å². The molecule has 3 aromatic rings. The smallest absolute Gasteiger partial charge is 0.328 e. The van der Waals surface area contributed by atoms with Crippen molar-refractivity contribution in [1.82, 2.24) is 14.5 Å². The van der Waals surface area contributed by atoms with E-state index in [0.717, 1.165) is 4.90 Å². The van der Waals surface area contributed by atoms with Gasteiger partial charge in [0.1, 0.15) is 18.1 Å². The van der Waals surface area contributed by atoms with Crippen LogP contribution < -0.4 is 0 Å². The third-order valence-electron chi connectivity index (χ3n) is 4.68. The predicted octanol–water partition coefficient (Wildman–Crippen LogP) is 6.06. The summed E-state index contributed by atoms with van der Waals surface area (Å²) < 4.78 is 40.4. The first kappa shape index (κ1) is 21.0. The van der Waals surface area contributed by atoms with Crippen molar-refractivity contribution in [3.8, 4) is 17.1 Å². The first-order valence-corrected chi connectivity index (χ1v) is 9.96. The van der Waals surface area contributed by atoms with Crippen LogP contribution >= 0.6 is 34.8 Å². The summed E-state index contributed by atoms with van der Waals surface area (Å²) in [5.74, 6) is -0.404. The van der Waals surface area contributed by atoms with E-state index in [4.69, 9.17) is 34.8 Å². The Morgan fingerprint density at radius 2 is 1.67 bits per heavy atom. The zero-order chi connectivity index (χ0) is 21.6. The summed E-state index contributed by atoms with van der Waals surface area (Å²) in [6.45, 7) is -1.40. The minimum atomic E-state index is -4.50. The number of carbonyl (C=O) groups excluding carboxylic acids is 1. The van der Waals surface area contributed by atoms with Crippen LogP contribution in [0.3, 0.4) is 0 Å². The topological polar surface area (TPSA) is 38.1 Å². The predicted molar refractivity (Wildman–Crippen MR) is 110 cm³/mol. The molecule has 0 N–H and O–H groups in total. The van der Waals surface area contributed by atoms with E-state index in [9.17, 15) is 18.0 Å². The molecule has 0 bridgehead atoms. The Morgan fingerprint density at radius 1 is 1.00 bits per heavy atom. The summed E-state index contributed by atoms with van der Waals surface area (Å²) in [5, 5.41) is 1.20. The second-order valence-corrected chi connectivity index (χ2v) is 8.04. The molecule has 0 radical (unpaired) electrons. The minimum absolute atomic E-state index is 0.0727. The van der Waals surface area contributed by atoms with Gasteiger partial charge in [-0.2, -0.15) is 13.2 Å². The molecule has 0 spiro atoms. The lowest BCUT2D eigenvalue weighted by Gasteiger charge is -2.28. The second kappa shape index (κ2) is 7.80. The summed E-state index contributed by atoms with van der Waals surface area (Å²) in [4.78, 5) is 18.4. The summed E-state index contributed by atoms with van der Waals surface area (Å²) in [5.41, 5.74) is 1.51. The molecule has 2 heterocycles. The van der Waals surface area contributed by atoms with Crippen LogP contribution in [0.1, 0.15) is 16.2 Å². The van der Waals surface area contributed by atoms with Gasteiger partial charge in [-0.3, -0.25) is 9.36 Å². The number of benzene rings is 2. The number of fused-ring (bicyclic) bond motifs is 1. The van der Waals surface area contributed by atoms with Gasteiger partial charge in [-0.05, 0) is 42.5 Å². The number of hydrogen-bond donors (Lipinski definition) is 0. The molecule has 1 aromatic heterocycles. The van der Waals surface area contributed by atoms with E-state index in [1.165, 1.54) is 10.6 Å². The molecule has 10 heteroatoms. The van der Waals surface area contributed by atoms with Crippen LogP contribution in [0, 0.1) is 0 Å². The third kappa shape index (κ3) is 4.02. The van der Waals surface area contributed by atoms with Gasteiger partial charge >= 0.3 is 6.18 Å². The van der Waals surface area contributed by atoms with Gasteiger partial charge in [-0.15, -0.1) is 0 Å². The van der Waals surface area contributed by atoms with Gasteiger partial charge in [0.05, 0.1) is 10.7 Å². The zero-order valence-corrected chi connectivity index (χ0v) is 17.4. The van der Waals surface area contributed by atoms with Crippen LogP contribution in [0.25, 0.3) is 17.1 Å². The maximum atomic E-state index is 13.0. The van der Waals surface area contributed by atoms with Crippen molar-refractivity contribution < 1.29 is 18.0 Å². The molecule has 0 atom stereocenters. The highest BCUT2D eigenvalue weighted by Crippen LogP contribution is 2.35. The molecule has 1 amide bonds. The molecule has 4 rings (SSSR count). The van der Waals surface area contributed by atoms with Crippen LogP contribution in [-0.2, 0) is 6.42 Å². The van der Waals surface area contributed by atoms with Crippen molar-refractivity contribution in [2.75, 3.05) is 13.1 Å². The second-order valence-electron chi connectivity index (χ2n) is 6.76. The van der Waals surface area contributed by atoms with Crippen molar-refractivity contribution in [3.63, 3.8) is 0 Å². The maximum absolute atomic E-state index is 13.0. The fourth-order valence-electron chi connectivity index (χ4n) is 3.41. The van der Waals surface area contributed by atoms with Gasteiger partial charge in [0, 0.05) is 34.3 Å². The van der Waals surface area contributed by atoms with Crippen molar-refractivity contribution in [1.29, 1.82) is 0 Å². The van der Waals surface area contributed by atoms with Gasteiger partial charge < -0.3 is 4.90 Å². The Balaban J connectivity index is 1.92. The maximum Gasteiger partial charge on any atom is 0.406 e. The SMILES string of the molecule is O=C1c2c(nc(-c3ccc(Cl)cc3Cl)n2-c2ccc(Cl)cc2)CCN1CC(F)(F)F. The van der Waals surface area contributed by atoms with Gasteiger partial charge in [0.25, 0.3) is 5.91 Å². The summed E-state index contributed by atoms with van der Waals surface area (Å²) in [6, 6.07) is 11.4. The first-order valence-electron chi connectivity index (χ1n) is 8.83. The molecule has 0 aliphatic carbocycles. The van der Waals surface area contributed by atoms with E-state index in [-0.39, 0.29) is 18.7 Å². The summed E-state index contributed by atoms with van der Waals surface area (Å²) >= 11 is 18.3. The number of carbonyl (C=O) groups is 1. The standard InChI is InChI=1S/C20H13Cl3F3N3O/c21-11-1-4-13(5-2-11)29-17-16(7-8-28(19(17)30)10-20(24,25)26)27-18(29)14-6-3-12(22)9-15(14)23/h1-6,9H,7-8,10H2. The molecule has 30 heavy (non-hydrogen) atoms. The average molecular weight is 475 g/mol. The summed E-state index contributed by atoms with van der Waals surface area (Å²) in [7, 11) is 0. The van der Waals surface area contributed by atoms with Gasteiger partial charge in [-0.25, -0.2) is 4.98 Å². The Morgan fingerprint density at radius 3 is 2.30 bits per heavy atom. The summed E-state index contributed by atoms with van der Waals surface area (Å²) in [6.07, 6.45) is -4.31. The number of alkyl halides is 3. The van der Waals surface area contributed by atoms with Crippen molar-refractivity contribution in [2.45, 2.75) is 12.6 Å². The Kier molecular flexibility index (Phi) is 5.46. The Bertz CT molecular complexity index is 1130. The molecule has 0 saturated heterocycles. The monoisotopic (exact) mass is 473 g/mol. The molecule has 1 aliphatic rings. The molecule has 156 valence electrons. The fraction of sp³-hybridized carbons (Fsp3) is 0.200. The molecule has 0 saturated carbocycles. The lowest BCUT2D eigenvalue weighted by Crippen LogP contribution is -2.44. The number of imidazole rings is 1. The number of aromatic nitrogens is 2. The molecule has 2 aromatic carbocycles. The molecular formula is C20H13Cl3F3N3O. The highest BCUT2D eigenvalue weighted by Gasteiger charge is 2.38. The molecule has 0 fully saturated rings.